The minimum absolute atomic E-state index is 0. The second-order valence-corrected chi connectivity index (χ2v) is 5.23. The van der Waals surface area contributed by atoms with Gasteiger partial charge in [0.15, 0.2) is 0 Å². The summed E-state index contributed by atoms with van der Waals surface area (Å²) in [6.07, 6.45) is 3.81. The fourth-order valence-electron chi connectivity index (χ4n) is 2.45. The van der Waals surface area contributed by atoms with E-state index < -0.39 is 0 Å². The summed E-state index contributed by atoms with van der Waals surface area (Å²) in [6.45, 7) is 5.64. The van der Waals surface area contributed by atoms with Crippen molar-refractivity contribution in [1.29, 1.82) is 0 Å². The van der Waals surface area contributed by atoms with Crippen LogP contribution in [-0.2, 0) is 9.53 Å². The average molecular weight is 279 g/mol. The van der Waals surface area contributed by atoms with Gasteiger partial charge >= 0.3 is 0 Å². The lowest BCUT2D eigenvalue weighted by molar-refractivity contribution is -0.136. The van der Waals surface area contributed by atoms with Crippen LogP contribution >= 0.6 is 12.4 Å². The molecule has 1 amide bonds. The summed E-state index contributed by atoms with van der Waals surface area (Å²) in [6, 6.07) is 0.350. The molecule has 5 heteroatoms. The SMILES string of the molecule is COC(CN)CC(=O)N1CC(C)CCCC1C.Cl. The zero-order valence-corrected chi connectivity index (χ0v) is 12.5. The van der Waals surface area contributed by atoms with Crippen LogP contribution < -0.4 is 5.73 Å². The van der Waals surface area contributed by atoms with Gasteiger partial charge in [0.25, 0.3) is 0 Å². The standard InChI is InChI=1S/C13H26N2O2.ClH/c1-10-5-4-6-11(2)15(9-10)13(16)7-12(8-14)17-3;/h10-12H,4-9,14H2,1-3H3;1H. The molecule has 0 radical (unpaired) electrons. The van der Waals surface area contributed by atoms with Crippen molar-refractivity contribution in [1.82, 2.24) is 4.90 Å². The van der Waals surface area contributed by atoms with Crippen LogP contribution in [0.25, 0.3) is 0 Å². The van der Waals surface area contributed by atoms with Crippen molar-refractivity contribution < 1.29 is 9.53 Å². The zero-order valence-electron chi connectivity index (χ0n) is 11.7. The number of hydrogen-bond donors (Lipinski definition) is 1. The van der Waals surface area contributed by atoms with Gasteiger partial charge in [-0.2, -0.15) is 0 Å². The van der Waals surface area contributed by atoms with E-state index in [1.807, 2.05) is 4.90 Å². The first-order valence-corrected chi connectivity index (χ1v) is 6.60. The Morgan fingerprint density at radius 2 is 2.11 bits per heavy atom. The third-order valence-electron chi connectivity index (χ3n) is 3.68. The van der Waals surface area contributed by atoms with Crippen molar-refractivity contribution >= 4 is 18.3 Å². The molecule has 1 aliphatic heterocycles. The monoisotopic (exact) mass is 278 g/mol. The summed E-state index contributed by atoms with van der Waals surface area (Å²) < 4.78 is 5.18. The topological polar surface area (TPSA) is 55.6 Å². The summed E-state index contributed by atoms with van der Waals surface area (Å²) in [7, 11) is 1.61. The van der Waals surface area contributed by atoms with E-state index in [0.29, 0.717) is 24.9 Å². The van der Waals surface area contributed by atoms with Crippen molar-refractivity contribution in [2.45, 2.75) is 51.7 Å². The minimum Gasteiger partial charge on any atom is -0.380 e. The van der Waals surface area contributed by atoms with Crippen molar-refractivity contribution in [3.8, 4) is 0 Å². The van der Waals surface area contributed by atoms with Crippen LogP contribution in [0.1, 0.15) is 39.5 Å². The first-order valence-electron chi connectivity index (χ1n) is 6.60. The maximum absolute atomic E-state index is 12.2. The zero-order chi connectivity index (χ0) is 12.8. The summed E-state index contributed by atoms with van der Waals surface area (Å²) in [4.78, 5) is 14.2. The minimum atomic E-state index is -0.145. The third kappa shape index (κ3) is 5.12. The molecule has 1 saturated heterocycles. The second-order valence-electron chi connectivity index (χ2n) is 5.23. The van der Waals surface area contributed by atoms with E-state index in [4.69, 9.17) is 10.5 Å². The Bertz CT molecular complexity index is 247. The molecule has 1 fully saturated rings. The van der Waals surface area contributed by atoms with Gasteiger partial charge in [-0.3, -0.25) is 4.79 Å². The summed E-state index contributed by atoms with van der Waals surface area (Å²) in [5, 5.41) is 0. The number of nitrogens with two attached hydrogens (primary N) is 1. The maximum Gasteiger partial charge on any atom is 0.225 e. The second kappa shape index (κ2) is 8.73. The Hall–Kier alpha value is -0.320. The molecule has 1 aliphatic rings. The average Bonchev–Trinajstić information content (AvgIpc) is 2.48. The fourth-order valence-corrected chi connectivity index (χ4v) is 2.45. The fraction of sp³-hybridized carbons (Fsp3) is 0.923. The van der Waals surface area contributed by atoms with Crippen LogP contribution in [0.4, 0.5) is 0 Å². The molecule has 0 saturated carbocycles. The molecular weight excluding hydrogens is 252 g/mol. The lowest BCUT2D eigenvalue weighted by Crippen LogP contribution is -2.42. The number of carbonyl (C=O) groups excluding carboxylic acids is 1. The van der Waals surface area contributed by atoms with Crippen molar-refractivity contribution in [3.63, 3.8) is 0 Å². The van der Waals surface area contributed by atoms with Crippen LogP contribution in [-0.4, -0.2) is 43.2 Å². The van der Waals surface area contributed by atoms with Gasteiger partial charge in [0.2, 0.25) is 5.91 Å². The van der Waals surface area contributed by atoms with E-state index in [9.17, 15) is 4.79 Å². The highest BCUT2D eigenvalue weighted by molar-refractivity contribution is 5.85. The van der Waals surface area contributed by atoms with Crippen molar-refractivity contribution in [2.75, 3.05) is 20.2 Å². The predicted molar refractivity (Wildman–Crippen MR) is 75.9 cm³/mol. The number of hydrogen-bond acceptors (Lipinski definition) is 3. The molecule has 0 aromatic rings. The molecule has 0 spiro atoms. The number of likely N-dealkylation sites (tertiary alicyclic amines) is 1. The molecule has 3 atom stereocenters. The highest BCUT2D eigenvalue weighted by atomic mass is 35.5. The molecule has 0 aliphatic carbocycles. The maximum atomic E-state index is 12.2. The van der Waals surface area contributed by atoms with Crippen LogP contribution in [0.3, 0.4) is 0 Å². The van der Waals surface area contributed by atoms with Gasteiger partial charge in [-0.25, -0.2) is 0 Å². The largest absolute Gasteiger partial charge is 0.380 e. The molecule has 0 bridgehead atoms. The molecular formula is C13H27ClN2O2. The van der Waals surface area contributed by atoms with E-state index in [2.05, 4.69) is 13.8 Å². The van der Waals surface area contributed by atoms with Crippen LogP contribution in [0.5, 0.6) is 0 Å². The predicted octanol–water partition coefficient (Wildman–Crippen LogP) is 1.81. The van der Waals surface area contributed by atoms with Gasteiger partial charge in [0.05, 0.1) is 12.5 Å². The molecule has 4 nitrogen and oxygen atoms in total. The number of nitrogens with zero attached hydrogens (tertiary/aromatic N) is 1. The van der Waals surface area contributed by atoms with Gasteiger partial charge in [-0.15, -0.1) is 12.4 Å². The van der Waals surface area contributed by atoms with E-state index in [1.165, 1.54) is 12.8 Å². The Labute approximate surface area is 117 Å². The van der Waals surface area contributed by atoms with Crippen LogP contribution in [0, 0.1) is 5.92 Å². The highest BCUT2D eigenvalue weighted by Crippen LogP contribution is 2.21. The Balaban J connectivity index is 0.00000289. The van der Waals surface area contributed by atoms with Gasteiger partial charge in [0.1, 0.15) is 0 Å². The van der Waals surface area contributed by atoms with E-state index in [-0.39, 0.29) is 24.4 Å². The third-order valence-corrected chi connectivity index (χ3v) is 3.68. The molecule has 18 heavy (non-hydrogen) atoms. The number of rotatable bonds is 4. The highest BCUT2D eigenvalue weighted by Gasteiger charge is 2.26. The number of halogens is 1. The van der Waals surface area contributed by atoms with Gasteiger partial charge < -0.3 is 15.4 Å². The lowest BCUT2D eigenvalue weighted by Gasteiger charge is -2.30. The van der Waals surface area contributed by atoms with E-state index >= 15 is 0 Å². The van der Waals surface area contributed by atoms with Crippen LogP contribution in [0.15, 0.2) is 0 Å². The first kappa shape index (κ1) is 17.7. The van der Waals surface area contributed by atoms with Gasteiger partial charge in [-0.05, 0) is 25.7 Å². The van der Waals surface area contributed by atoms with E-state index in [1.54, 1.807) is 7.11 Å². The summed E-state index contributed by atoms with van der Waals surface area (Å²) in [5.41, 5.74) is 5.56. The summed E-state index contributed by atoms with van der Waals surface area (Å²) in [5.74, 6) is 0.784. The molecule has 3 unspecified atom stereocenters. The van der Waals surface area contributed by atoms with E-state index in [0.717, 1.165) is 13.0 Å². The number of amides is 1. The van der Waals surface area contributed by atoms with Gasteiger partial charge in [-0.1, -0.05) is 13.3 Å². The molecule has 0 aromatic carbocycles. The molecule has 1 heterocycles. The van der Waals surface area contributed by atoms with Crippen molar-refractivity contribution in [2.24, 2.45) is 11.7 Å². The molecule has 0 aromatic heterocycles. The molecule has 108 valence electrons. The normalized spacial score (nSPS) is 26.1. The number of methoxy groups -OCH3 is 1. The smallest absolute Gasteiger partial charge is 0.225 e. The quantitative estimate of drug-likeness (QED) is 0.853. The Morgan fingerprint density at radius 1 is 1.44 bits per heavy atom. The summed E-state index contributed by atoms with van der Waals surface area (Å²) >= 11 is 0. The Kier molecular flexibility index (Phi) is 8.57. The molecule has 1 rings (SSSR count). The molecule has 2 N–H and O–H groups in total. The van der Waals surface area contributed by atoms with Gasteiger partial charge in [0, 0.05) is 26.2 Å². The van der Waals surface area contributed by atoms with Crippen LogP contribution in [0.2, 0.25) is 0 Å². The van der Waals surface area contributed by atoms with Crippen molar-refractivity contribution in [3.05, 3.63) is 0 Å². The first-order chi connectivity index (χ1) is 8.08. The Morgan fingerprint density at radius 3 is 2.67 bits per heavy atom. The number of carbonyl (C=O) groups is 1. The number of ether oxygens (including phenoxy) is 1. The lowest BCUT2D eigenvalue weighted by atomic mass is 10.1.